The predicted molar refractivity (Wildman–Crippen MR) is 81.2 cm³/mol. The summed E-state index contributed by atoms with van der Waals surface area (Å²) in [5.41, 5.74) is 10.9. The molecule has 0 radical (unpaired) electrons. The summed E-state index contributed by atoms with van der Waals surface area (Å²) in [6.45, 7) is 6.75. The molecular weight excluding hydrogens is 236 g/mol. The lowest BCUT2D eigenvalue weighted by Crippen LogP contribution is -1.98. The Morgan fingerprint density at radius 3 is 2.58 bits per heavy atom. The molecule has 100 valence electrons. The molecule has 3 heteroatoms. The number of aryl methyl sites for hydroxylation is 2. The molecule has 0 aromatic heterocycles. The molecule has 0 fully saturated rings. The lowest BCUT2D eigenvalue weighted by molar-refractivity contribution is 0.338. The number of nitrogens with one attached hydrogen (secondary N) is 1. The molecule has 2 aromatic rings. The number of nitrogen functional groups attached to an aromatic ring is 1. The fraction of sp³-hybridized carbons (Fsp3) is 0.250. The Labute approximate surface area is 114 Å². The normalized spacial score (nSPS) is 10.3. The molecule has 0 spiro atoms. The van der Waals surface area contributed by atoms with Gasteiger partial charge in [0.15, 0.2) is 0 Å². The molecule has 19 heavy (non-hydrogen) atoms. The zero-order valence-corrected chi connectivity index (χ0v) is 11.7. The van der Waals surface area contributed by atoms with Crippen LogP contribution >= 0.6 is 0 Å². The number of benzene rings is 2. The number of ether oxygens (including phenoxy) is 1. The molecule has 0 bridgehead atoms. The molecule has 0 unspecified atom stereocenters. The minimum atomic E-state index is 0.679. The maximum absolute atomic E-state index is 5.97. The van der Waals surface area contributed by atoms with Gasteiger partial charge in [-0.05, 0) is 62.2 Å². The monoisotopic (exact) mass is 256 g/mol. The topological polar surface area (TPSA) is 47.3 Å². The van der Waals surface area contributed by atoms with Gasteiger partial charge in [-0.3, -0.25) is 0 Å². The zero-order chi connectivity index (χ0) is 13.8. The highest BCUT2D eigenvalue weighted by molar-refractivity contribution is 5.73. The molecule has 0 aliphatic heterocycles. The fourth-order valence-corrected chi connectivity index (χ4v) is 1.98. The Hall–Kier alpha value is -2.16. The maximum Gasteiger partial charge on any atom is 0.122 e. The molecule has 0 atom stereocenters. The summed E-state index contributed by atoms with van der Waals surface area (Å²) in [6, 6.07) is 12.0. The van der Waals surface area contributed by atoms with Crippen LogP contribution in [0.15, 0.2) is 36.4 Å². The van der Waals surface area contributed by atoms with E-state index in [9.17, 15) is 0 Å². The first-order valence-corrected chi connectivity index (χ1v) is 6.46. The van der Waals surface area contributed by atoms with Crippen LogP contribution in [0.4, 0.5) is 17.1 Å². The van der Waals surface area contributed by atoms with Crippen LogP contribution in [0.2, 0.25) is 0 Å². The van der Waals surface area contributed by atoms with Crippen LogP contribution < -0.4 is 15.8 Å². The highest BCUT2D eigenvalue weighted by Crippen LogP contribution is 2.27. The number of hydrogen-bond acceptors (Lipinski definition) is 3. The Balaban J connectivity index is 2.24. The van der Waals surface area contributed by atoms with E-state index in [0.29, 0.717) is 6.61 Å². The largest absolute Gasteiger partial charge is 0.494 e. The van der Waals surface area contributed by atoms with Gasteiger partial charge >= 0.3 is 0 Å². The van der Waals surface area contributed by atoms with Gasteiger partial charge in [-0.25, -0.2) is 0 Å². The van der Waals surface area contributed by atoms with E-state index >= 15 is 0 Å². The van der Waals surface area contributed by atoms with Gasteiger partial charge in [0, 0.05) is 5.69 Å². The van der Waals surface area contributed by atoms with Gasteiger partial charge in [0.05, 0.1) is 18.0 Å². The van der Waals surface area contributed by atoms with E-state index in [-0.39, 0.29) is 0 Å². The van der Waals surface area contributed by atoms with Crippen LogP contribution in [0.3, 0.4) is 0 Å². The Kier molecular flexibility index (Phi) is 3.95. The van der Waals surface area contributed by atoms with E-state index in [0.717, 1.165) is 28.4 Å². The Morgan fingerprint density at radius 1 is 1.11 bits per heavy atom. The molecule has 2 rings (SSSR count). The first kappa shape index (κ1) is 13.3. The van der Waals surface area contributed by atoms with E-state index in [1.165, 1.54) is 5.56 Å². The molecule has 0 aliphatic carbocycles. The van der Waals surface area contributed by atoms with Crippen LogP contribution in [-0.2, 0) is 0 Å². The second kappa shape index (κ2) is 5.65. The Bertz CT molecular complexity index is 579. The third-order valence-electron chi connectivity index (χ3n) is 2.96. The SMILES string of the molecule is CCOc1ccc(Nc2cc(C)ccc2N)cc1C. The van der Waals surface area contributed by atoms with Crippen molar-refractivity contribution in [1.82, 2.24) is 0 Å². The summed E-state index contributed by atoms with van der Waals surface area (Å²) in [4.78, 5) is 0. The van der Waals surface area contributed by atoms with Crippen molar-refractivity contribution in [2.75, 3.05) is 17.7 Å². The summed E-state index contributed by atoms with van der Waals surface area (Å²) in [7, 11) is 0. The fourth-order valence-electron chi connectivity index (χ4n) is 1.98. The van der Waals surface area contributed by atoms with Crippen LogP contribution in [0.5, 0.6) is 5.75 Å². The third kappa shape index (κ3) is 3.19. The first-order valence-electron chi connectivity index (χ1n) is 6.46. The molecule has 3 N–H and O–H groups in total. The molecule has 0 aliphatic rings. The van der Waals surface area contributed by atoms with Crippen molar-refractivity contribution in [3.05, 3.63) is 47.5 Å². The third-order valence-corrected chi connectivity index (χ3v) is 2.96. The standard InChI is InChI=1S/C16H20N2O/c1-4-19-16-8-6-13(10-12(16)3)18-15-9-11(2)5-7-14(15)17/h5-10,18H,4,17H2,1-3H3. The lowest BCUT2D eigenvalue weighted by Gasteiger charge is -2.13. The number of anilines is 3. The van der Waals surface area contributed by atoms with E-state index < -0.39 is 0 Å². The smallest absolute Gasteiger partial charge is 0.122 e. The summed E-state index contributed by atoms with van der Waals surface area (Å²) in [5, 5.41) is 3.34. The molecule has 0 saturated carbocycles. The maximum atomic E-state index is 5.97. The molecule has 0 saturated heterocycles. The van der Waals surface area contributed by atoms with E-state index in [2.05, 4.69) is 11.4 Å². The average Bonchev–Trinajstić information content (AvgIpc) is 2.37. The van der Waals surface area contributed by atoms with Crippen molar-refractivity contribution in [2.45, 2.75) is 20.8 Å². The number of nitrogens with two attached hydrogens (primary N) is 1. The van der Waals surface area contributed by atoms with Crippen LogP contribution in [0.25, 0.3) is 0 Å². The van der Waals surface area contributed by atoms with Gasteiger partial charge in [-0.15, -0.1) is 0 Å². The van der Waals surface area contributed by atoms with E-state index in [1.54, 1.807) is 0 Å². The quantitative estimate of drug-likeness (QED) is 0.812. The Morgan fingerprint density at radius 2 is 1.89 bits per heavy atom. The summed E-state index contributed by atoms with van der Waals surface area (Å²) in [6.07, 6.45) is 0. The van der Waals surface area contributed by atoms with Crippen molar-refractivity contribution in [3.8, 4) is 5.75 Å². The van der Waals surface area contributed by atoms with Gasteiger partial charge in [0.25, 0.3) is 0 Å². The molecule has 0 amide bonds. The minimum Gasteiger partial charge on any atom is -0.494 e. The second-order valence-corrected chi connectivity index (χ2v) is 4.63. The number of rotatable bonds is 4. The van der Waals surface area contributed by atoms with Gasteiger partial charge in [0.2, 0.25) is 0 Å². The van der Waals surface area contributed by atoms with Crippen LogP contribution in [0.1, 0.15) is 18.1 Å². The first-order chi connectivity index (χ1) is 9.10. The lowest BCUT2D eigenvalue weighted by atomic mass is 10.1. The van der Waals surface area contributed by atoms with Gasteiger partial charge in [-0.1, -0.05) is 6.07 Å². The molecule has 3 nitrogen and oxygen atoms in total. The van der Waals surface area contributed by atoms with Crippen molar-refractivity contribution in [3.63, 3.8) is 0 Å². The predicted octanol–water partition coefficient (Wildman–Crippen LogP) is 4.03. The highest BCUT2D eigenvalue weighted by Gasteiger charge is 2.03. The van der Waals surface area contributed by atoms with Crippen molar-refractivity contribution >= 4 is 17.1 Å². The highest BCUT2D eigenvalue weighted by atomic mass is 16.5. The summed E-state index contributed by atoms with van der Waals surface area (Å²) >= 11 is 0. The zero-order valence-electron chi connectivity index (χ0n) is 11.7. The van der Waals surface area contributed by atoms with Gasteiger partial charge in [0.1, 0.15) is 5.75 Å². The second-order valence-electron chi connectivity index (χ2n) is 4.63. The summed E-state index contributed by atoms with van der Waals surface area (Å²) in [5.74, 6) is 0.922. The number of hydrogen-bond donors (Lipinski definition) is 2. The van der Waals surface area contributed by atoms with Crippen LogP contribution in [-0.4, -0.2) is 6.61 Å². The van der Waals surface area contributed by atoms with Crippen molar-refractivity contribution in [2.24, 2.45) is 0 Å². The van der Waals surface area contributed by atoms with Gasteiger partial charge < -0.3 is 15.8 Å². The molecule has 2 aromatic carbocycles. The average molecular weight is 256 g/mol. The summed E-state index contributed by atoms with van der Waals surface area (Å²) < 4.78 is 5.53. The van der Waals surface area contributed by atoms with Crippen molar-refractivity contribution < 1.29 is 4.74 Å². The molecular formula is C16H20N2O. The van der Waals surface area contributed by atoms with Gasteiger partial charge in [-0.2, -0.15) is 0 Å². The van der Waals surface area contributed by atoms with E-state index in [4.69, 9.17) is 10.5 Å². The minimum absolute atomic E-state index is 0.679. The van der Waals surface area contributed by atoms with E-state index in [1.807, 2.05) is 51.1 Å². The van der Waals surface area contributed by atoms with Crippen molar-refractivity contribution in [1.29, 1.82) is 0 Å². The molecule has 0 heterocycles. The van der Waals surface area contributed by atoms with Crippen LogP contribution in [0, 0.1) is 13.8 Å².